The van der Waals surface area contributed by atoms with Crippen LogP contribution in [0.1, 0.15) is 41.9 Å². The first kappa shape index (κ1) is 30.7. The zero-order chi connectivity index (χ0) is 33.7. The molecule has 5 N–H and O–H groups in total. The van der Waals surface area contributed by atoms with Gasteiger partial charge in [-0.15, -0.1) is 20.7 Å². The van der Waals surface area contributed by atoms with Gasteiger partial charge >= 0.3 is 0 Å². The number of aliphatic imine (C=N–C) groups is 2. The number of rotatable bonds is 4. The summed E-state index contributed by atoms with van der Waals surface area (Å²) in [6.07, 6.45) is 27.5. The van der Waals surface area contributed by atoms with Crippen LogP contribution in [-0.4, -0.2) is 30.9 Å². The molecule has 4 aromatic heterocycles. The van der Waals surface area contributed by atoms with E-state index in [4.69, 9.17) is 9.98 Å². The first-order valence-electron chi connectivity index (χ1n) is 17.0. The van der Waals surface area contributed by atoms with Crippen molar-refractivity contribution in [3.05, 3.63) is 179 Å². The summed E-state index contributed by atoms with van der Waals surface area (Å²) in [6, 6.07) is 17.2. The summed E-state index contributed by atoms with van der Waals surface area (Å²) in [5, 5.41) is 3.97. The van der Waals surface area contributed by atoms with E-state index < -0.39 is 5.41 Å². The number of alkyl halides is 1. The minimum Gasteiger partial charge on any atom is -0.377 e. The Morgan fingerprint density at radius 2 is 1.36 bits per heavy atom. The van der Waals surface area contributed by atoms with Gasteiger partial charge in [-0.25, -0.2) is 19.9 Å². The van der Waals surface area contributed by atoms with Crippen LogP contribution in [0.15, 0.2) is 161 Å². The Hall–Kier alpha value is -5.35. The molecule has 3 unspecified atom stereocenters. The molecule has 8 heteroatoms. The first-order valence-corrected chi connectivity index (χ1v) is 19.8. The number of pyridine rings is 3. The van der Waals surface area contributed by atoms with Crippen LogP contribution >= 0.6 is 20.7 Å². The second-order valence-corrected chi connectivity index (χ2v) is 15.7. The summed E-state index contributed by atoms with van der Waals surface area (Å²) in [4.78, 5) is 24.4. The van der Waals surface area contributed by atoms with Crippen molar-refractivity contribution in [3.63, 3.8) is 0 Å². The third-order valence-corrected chi connectivity index (χ3v) is 13.0. The van der Waals surface area contributed by atoms with Crippen molar-refractivity contribution in [2.75, 3.05) is 4.43 Å². The summed E-state index contributed by atoms with van der Waals surface area (Å²) in [6.45, 7) is 4.65. The third kappa shape index (κ3) is 5.17. The largest absolute Gasteiger partial charge is 0.377 e. The summed E-state index contributed by atoms with van der Waals surface area (Å²) >= 11 is 0.0641. The van der Waals surface area contributed by atoms with Gasteiger partial charge < -0.3 is 10.3 Å². The molecule has 0 saturated heterocycles. The SMILES string of the molecule is CC1CI=CC=C1/C1=C2\C=CC(=N2)/C(c2cc[nH+]cc2)=C2/C=CC(N2)C(C)(c2cc[nH+]cc2)C2=N/C(=C(/c3cc[nH+]cc3)c3ccc1[nH]3)C=C2. The van der Waals surface area contributed by atoms with Gasteiger partial charge in [-0.2, -0.15) is 0 Å². The summed E-state index contributed by atoms with van der Waals surface area (Å²) in [7, 11) is 0. The zero-order valence-electron chi connectivity index (χ0n) is 27.8. The van der Waals surface area contributed by atoms with Gasteiger partial charge in [0.05, 0.1) is 34.3 Å². The van der Waals surface area contributed by atoms with E-state index in [0.29, 0.717) is 5.92 Å². The predicted molar refractivity (Wildman–Crippen MR) is 208 cm³/mol. The highest BCUT2D eigenvalue weighted by molar-refractivity contribution is 14.2. The Morgan fingerprint density at radius 1 is 0.720 bits per heavy atom. The van der Waals surface area contributed by atoms with Crippen LogP contribution in [0.5, 0.6) is 0 Å². The Kier molecular flexibility index (Phi) is 7.68. The van der Waals surface area contributed by atoms with Crippen LogP contribution in [0.4, 0.5) is 0 Å². The van der Waals surface area contributed by atoms with Crippen LogP contribution in [0.2, 0.25) is 0 Å². The maximum atomic E-state index is 5.48. The van der Waals surface area contributed by atoms with Crippen molar-refractivity contribution in [3.8, 4) is 0 Å². The molecule has 9 rings (SSSR count). The van der Waals surface area contributed by atoms with Crippen LogP contribution in [-0.2, 0) is 5.41 Å². The average Bonchev–Trinajstić information content (AvgIpc) is 4.00. The lowest BCUT2D eigenvalue weighted by Gasteiger charge is -2.35. The van der Waals surface area contributed by atoms with E-state index in [2.05, 4.69) is 134 Å². The van der Waals surface area contributed by atoms with E-state index in [9.17, 15) is 0 Å². The number of hydrogen-bond donors (Lipinski definition) is 2. The van der Waals surface area contributed by atoms with Crippen molar-refractivity contribution in [1.82, 2.24) is 10.3 Å². The fourth-order valence-electron chi connectivity index (χ4n) is 7.59. The number of halogens is 1. The number of hydrogen-bond acceptors (Lipinski definition) is 3. The number of aromatic nitrogens is 4. The number of nitrogens with zero attached hydrogens (tertiary/aromatic N) is 2. The molecule has 0 spiro atoms. The lowest BCUT2D eigenvalue weighted by atomic mass is 9.72. The fourth-order valence-corrected chi connectivity index (χ4v) is 9.76. The van der Waals surface area contributed by atoms with Crippen molar-refractivity contribution in [1.29, 1.82) is 0 Å². The molecule has 0 amide bonds. The normalized spacial score (nSPS) is 28.2. The molecule has 5 aliphatic rings. The lowest BCUT2D eigenvalue weighted by molar-refractivity contribution is -0.378. The summed E-state index contributed by atoms with van der Waals surface area (Å²) in [5.41, 5.74) is 14.4. The van der Waals surface area contributed by atoms with Crippen LogP contribution < -0.4 is 20.3 Å². The van der Waals surface area contributed by atoms with Gasteiger partial charge in [0.2, 0.25) is 0 Å². The van der Waals surface area contributed by atoms with Gasteiger partial charge in [0.25, 0.3) is 0 Å². The van der Waals surface area contributed by atoms with Gasteiger partial charge in [-0.3, -0.25) is 4.99 Å². The number of allylic oxidation sites excluding steroid dienone is 9. The van der Waals surface area contributed by atoms with Gasteiger partial charge in [0.15, 0.2) is 37.2 Å². The van der Waals surface area contributed by atoms with Crippen LogP contribution in [0.25, 0.3) is 16.7 Å². The Morgan fingerprint density at radius 3 is 2.08 bits per heavy atom. The maximum Gasteiger partial charge on any atom is 0.167 e. The van der Waals surface area contributed by atoms with Gasteiger partial charge in [-0.05, 0) is 81.6 Å². The second kappa shape index (κ2) is 12.5. The van der Waals surface area contributed by atoms with Crippen molar-refractivity contribution >= 4 is 52.9 Å². The fraction of sp³-hybridized carbons (Fsp3) is 0.143. The average molecular weight is 767 g/mol. The van der Waals surface area contributed by atoms with Crippen LogP contribution in [0, 0.1) is 5.92 Å². The van der Waals surface area contributed by atoms with Crippen molar-refractivity contribution in [2.45, 2.75) is 25.3 Å². The van der Waals surface area contributed by atoms with Gasteiger partial charge in [0.1, 0.15) is 0 Å². The Balaban J connectivity index is 1.34. The topological polar surface area (TPSA) is 95.0 Å². The third-order valence-electron chi connectivity index (χ3n) is 10.3. The second-order valence-electron chi connectivity index (χ2n) is 13.3. The van der Waals surface area contributed by atoms with E-state index in [1.54, 1.807) is 0 Å². The molecule has 7 nitrogen and oxygen atoms in total. The van der Waals surface area contributed by atoms with E-state index in [1.165, 1.54) is 15.6 Å². The maximum absolute atomic E-state index is 5.48. The molecule has 0 aliphatic carbocycles. The quantitative estimate of drug-likeness (QED) is 0.188. The minimum atomic E-state index is -0.497. The lowest BCUT2D eigenvalue weighted by Crippen LogP contribution is -2.48. The molecule has 244 valence electrons. The van der Waals surface area contributed by atoms with Crippen LogP contribution in [0.3, 0.4) is 0 Å². The molecule has 0 fully saturated rings. The standard InChI is InChI=1S/C42H34IN7/c1-26-25-43-18-11-30(26)41-35-5-3-31(47-35)39(27-12-19-44-20-13-27)33-7-9-37(49-33)42(2,29-16-23-46-24-17-29)38-10-8-34(50-38)40(28-14-21-45-22-15-28)32-4-6-36(41)48-32/h3-24,26,37,48-49H,25H2,1-2H3/p+3/b39-33-,40-34-,41-35-. The smallest absolute Gasteiger partial charge is 0.167 e. The summed E-state index contributed by atoms with van der Waals surface area (Å²) < 4.78 is 3.63. The number of nitrogens with one attached hydrogen (secondary N) is 5. The van der Waals surface area contributed by atoms with E-state index in [-0.39, 0.29) is 26.8 Å². The minimum absolute atomic E-state index is 0.0641. The van der Waals surface area contributed by atoms with E-state index in [1.807, 2.05) is 37.2 Å². The molecule has 0 saturated carbocycles. The highest BCUT2D eigenvalue weighted by Crippen LogP contribution is 2.42. The molecular weight excluding hydrogens is 729 g/mol. The molecule has 50 heavy (non-hydrogen) atoms. The predicted octanol–water partition coefficient (Wildman–Crippen LogP) is 6.21. The van der Waals surface area contributed by atoms with Crippen molar-refractivity contribution < 1.29 is 15.0 Å². The van der Waals surface area contributed by atoms with Gasteiger partial charge in [0, 0.05) is 74.6 Å². The molecule has 0 radical (unpaired) electrons. The van der Waals surface area contributed by atoms with Gasteiger partial charge in [-0.1, -0.05) is 19.1 Å². The van der Waals surface area contributed by atoms with E-state index >= 15 is 0 Å². The Bertz CT molecular complexity index is 2330. The van der Waals surface area contributed by atoms with Crippen molar-refractivity contribution in [2.24, 2.45) is 15.9 Å². The molecule has 3 atom stereocenters. The molecular formula is C42H37IN7+3. The monoisotopic (exact) mass is 766 g/mol. The first-order chi connectivity index (χ1) is 24.6. The van der Waals surface area contributed by atoms with E-state index in [0.717, 1.165) is 67.7 Å². The molecule has 5 aliphatic heterocycles. The molecule has 9 heterocycles. The number of H-pyrrole nitrogens is 4. The number of fused-ring (bicyclic) bond motifs is 6. The molecule has 0 aromatic carbocycles. The summed E-state index contributed by atoms with van der Waals surface area (Å²) in [5.74, 6) is 0.448. The Labute approximate surface area is 301 Å². The highest BCUT2D eigenvalue weighted by atomic mass is 127. The molecule has 4 aromatic rings. The zero-order valence-corrected chi connectivity index (χ0v) is 30.0. The molecule has 8 bridgehead atoms. The highest BCUT2D eigenvalue weighted by Gasteiger charge is 2.43. The number of aromatic amines is 4.